The summed E-state index contributed by atoms with van der Waals surface area (Å²) in [5, 5.41) is 0. The average molecular weight is 229 g/mol. The van der Waals surface area contributed by atoms with E-state index < -0.39 is 0 Å². The maximum atomic E-state index is 9.44. The predicted molar refractivity (Wildman–Crippen MR) is 72.2 cm³/mol. The molecule has 0 aromatic rings. The van der Waals surface area contributed by atoms with E-state index in [1.54, 1.807) is 0 Å². The number of amides is 1. The second-order valence-electron chi connectivity index (χ2n) is 2.85. The minimum atomic E-state index is -0.333. The maximum Gasteiger partial charge on any atom is 0.214 e. The van der Waals surface area contributed by atoms with E-state index in [-0.39, 0.29) is 11.7 Å². The first-order valence-corrected chi connectivity index (χ1v) is 5.17. The molecule has 0 aromatic heterocycles. The normalized spacial score (nSPS) is 7.94. The Labute approximate surface area is 100 Å². The first-order valence-electron chi connectivity index (χ1n) is 5.17. The van der Waals surface area contributed by atoms with Crippen molar-refractivity contribution in [3.8, 4) is 0 Å². The van der Waals surface area contributed by atoms with Gasteiger partial charge in [0.25, 0.3) is 0 Å². The van der Waals surface area contributed by atoms with Gasteiger partial charge in [0.1, 0.15) is 5.78 Å². The van der Waals surface area contributed by atoms with Crippen molar-refractivity contribution in [2.24, 2.45) is 5.73 Å². The van der Waals surface area contributed by atoms with Gasteiger partial charge in [0.2, 0.25) is 5.91 Å². The zero-order valence-electron chi connectivity index (χ0n) is 11.7. The molecule has 2 N–H and O–H groups in total. The van der Waals surface area contributed by atoms with Crippen LogP contribution in [0.2, 0.25) is 0 Å². The number of ketones is 1. The van der Waals surface area contributed by atoms with Crippen LogP contribution in [0, 0.1) is 0 Å². The second-order valence-corrected chi connectivity index (χ2v) is 2.85. The minimum absolute atomic E-state index is 0.167. The zero-order chi connectivity index (χ0) is 14.0. The van der Waals surface area contributed by atoms with Gasteiger partial charge in [-0.3, -0.25) is 4.79 Å². The van der Waals surface area contributed by atoms with Gasteiger partial charge in [0.15, 0.2) is 0 Å². The van der Waals surface area contributed by atoms with Crippen molar-refractivity contribution in [2.45, 2.75) is 48.5 Å². The summed E-state index contributed by atoms with van der Waals surface area (Å²) in [5.74, 6) is -0.167. The zero-order valence-corrected chi connectivity index (χ0v) is 11.7. The number of carbonyl (C=O) groups excluding carboxylic acids is 2. The van der Waals surface area contributed by atoms with Crippen LogP contribution in [0.3, 0.4) is 0 Å². The Morgan fingerprint density at radius 1 is 0.750 bits per heavy atom. The molecule has 0 aliphatic heterocycles. The van der Waals surface area contributed by atoms with E-state index in [0.29, 0.717) is 0 Å². The van der Waals surface area contributed by atoms with Crippen molar-refractivity contribution in [1.29, 1.82) is 0 Å². The van der Waals surface area contributed by atoms with Crippen LogP contribution >= 0.6 is 0 Å². The second kappa shape index (κ2) is 29.2. The summed E-state index contributed by atoms with van der Waals surface area (Å²) in [5.41, 5.74) is 4.47. The molecule has 0 atom stereocenters. The largest absolute Gasteiger partial charge is 0.370 e. The van der Waals surface area contributed by atoms with Crippen molar-refractivity contribution < 1.29 is 9.59 Å². The first kappa shape index (κ1) is 24.0. The van der Waals surface area contributed by atoms with E-state index >= 15 is 0 Å². The Morgan fingerprint density at radius 3 is 0.812 bits per heavy atom. The molecule has 0 aliphatic carbocycles. The van der Waals surface area contributed by atoms with Gasteiger partial charge in [-0.15, -0.1) is 0 Å². The number of hydrogen-bond donors (Lipinski definition) is 1. The molecule has 3 nitrogen and oxygen atoms in total. The van der Waals surface area contributed by atoms with E-state index in [9.17, 15) is 9.59 Å². The summed E-state index contributed by atoms with van der Waals surface area (Å²) in [6.45, 7) is 12.4. The molecule has 0 unspecified atom stereocenters. The van der Waals surface area contributed by atoms with Gasteiger partial charge in [-0.05, 0) is 41.5 Å². The fraction of sp³-hybridized carbons (Fsp3) is 0.538. The van der Waals surface area contributed by atoms with Gasteiger partial charge in [0.05, 0.1) is 0 Å². The summed E-state index contributed by atoms with van der Waals surface area (Å²) in [4.78, 5) is 18.7. The summed E-state index contributed by atoms with van der Waals surface area (Å²) in [6.07, 6.45) is 8.00. The summed E-state index contributed by atoms with van der Waals surface area (Å²) in [6, 6.07) is 0. The third kappa shape index (κ3) is 4430. The minimum Gasteiger partial charge on any atom is -0.370 e. The topological polar surface area (TPSA) is 60.2 Å². The van der Waals surface area contributed by atoms with Gasteiger partial charge in [0, 0.05) is 6.92 Å². The van der Waals surface area contributed by atoms with Gasteiger partial charge < -0.3 is 10.5 Å². The van der Waals surface area contributed by atoms with Crippen LogP contribution in [0.25, 0.3) is 0 Å². The van der Waals surface area contributed by atoms with Crippen molar-refractivity contribution in [3.63, 3.8) is 0 Å². The third-order valence-corrected chi connectivity index (χ3v) is 0.667. The Morgan fingerprint density at radius 2 is 0.812 bits per heavy atom. The molecule has 3 heteroatoms. The van der Waals surface area contributed by atoms with Crippen LogP contribution in [-0.2, 0) is 9.59 Å². The molecule has 96 valence electrons. The quantitative estimate of drug-likeness (QED) is 0.648. The lowest BCUT2D eigenvalue weighted by molar-refractivity contribution is -0.116. The van der Waals surface area contributed by atoms with Crippen molar-refractivity contribution >= 4 is 11.7 Å². The van der Waals surface area contributed by atoms with Crippen LogP contribution < -0.4 is 5.73 Å². The molecule has 0 radical (unpaired) electrons. The number of nitrogens with two attached hydrogens (primary N) is 1. The standard InChI is InChI=1S/2C4H8.C3H6O.C2H5NO/c2*1-3-4-2;1-3(2)4;1-2(3)4/h2*3-4H,1-2H3;1-2H3;1H3,(H2,3,4)/b4-3+;4-3-;;. The number of rotatable bonds is 0. The average Bonchev–Trinajstić information content (AvgIpc) is 2.16. The van der Waals surface area contributed by atoms with E-state index in [1.165, 1.54) is 20.8 Å². The molecule has 0 spiro atoms. The molecule has 0 aromatic carbocycles. The lowest BCUT2D eigenvalue weighted by atomic mass is 10.6. The molecule has 0 saturated carbocycles. The predicted octanol–water partition coefficient (Wildman–Crippen LogP) is 3.25. The van der Waals surface area contributed by atoms with Gasteiger partial charge >= 0.3 is 0 Å². The SMILES string of the molecule is C/C=C/C.C/C=C\C.CC(C)=O.CC(N)=O. The lowest BCUT2D eigenvalue weighted by Gasteiger charge is -1.60. The van der Waals surface area contributed by atoms with Crippen molar-refractivity contribution in [3.05, 3.63) is 24.3 Å². The van der Waals surface area contributed by atoms with Crippen LogP contribution in [0.5, 0.6) is 0 Å². The highest BCUT2D eigenvalue weighted by molar-refractivity contribution is 5.72. The van der Waals surface area contributed by atoms with Crippen LogP contribution in [0.1, 0.15) is 48.5 Å². The van der Waals surface area contributed by atoms with Crippen LogP contribution in [-0.4, -0.2) is 11.7 Å². The van der Waals surface area contributed by atoms with Gasteiger partial charge in [-0.25, -0.2) is 0 Å². The van der Waals surface area contributed by atoms with E-state index in [0.717, 1.165) is 0 Å². The number of carbonyl (C=O) groups is 2. The van der Waals surface area contributed by atoms with E-state index in [2.05, 4.69) is 5.73 Å². The number of Topliss-reactive ketones (excluding diaryl/α,β-unsaturated/α-hetero) is 1. The van der Waals surface area contributed by atoms with Gasteiger partial charge in [-0.2, -0.15) is 0 Å². The molecule has 0 saturated heterocycles. The monoisotopic (exact) mass is 229 g/mol. The molecule has 0 heterocycles. The van der Waals surface area contributed by atoms with Crippen molar-refractivity contribution in [1.82, 2.24) is 0 Å². The molecule has 0 bridgehead atoms. The van der Waals surface area contributed by atoms with Crippen LogP contribution in [0.4, 0.5) is 0 Å². The highest BCUT2D eigenvalue weighted by atomic mass is 16.1. The molecule has 1 amide bonds. The van der Waals surface area contributed by atoms with Crippen LogP contribution in [0.15, 0.2) is 24.3 Å². The summed E-state index contributed by atoms with van der Waals surface area (Å²) in [7, 11) is 0. The molecule has 16 heavy (non-hydrogen) atoms. The first-order chi connectivity index (χ1) is 7.29. The highest BCUT2D eigenvalue weighted by Gasteiger charge is 1.62. The smallest absolute Gasteiger partial charge is 0.214 e. The fourth-order valence-electron chi connectivity index (χ4n) is 0. The summed E-state index contributed by atoms with van der Waals surface area (Å²) >= 11 is 0. The van der Waals surface area contributed by atoms with Crippen molar-refractivity contribution in [2.75, 3.05) is 0 Å². The molecular weight excluding hydrogens is 202 g/mol. The Balaban J connectivity index is -0.0000000600. The molecule has 0 fully saturated rings. The van der Waals surface area contributed by atoms with E-state index in [4.69, 9.17) is 0 Å². The summed E-state index contributed by atoms with van der Waals surface area (Å²) < 4.78 is 0. The molecule has 0 rings (SSSR count). The fourth-order valence-corrected chi connectivity index (χ4v) is 0. The Kier molecular flexibility index (Phi) is 43.9. The number of hydrogen-bond acceptors (Lipinski definition) is 2. The van der Waals surface area contributed by atoms with E-state index in [1.807, 2.05) is 52.0 Å². The number of primary amides is 1. The molecule has 0 aliphatic rings. The Hall–Kier alpha value is -1.38. The number of allylic oxidation sites excluding steroid dienone is 4. The maximum absolute atomic E-state index is 9.44. The Bertz CT molecular complexity index is 156. The lowest BCUT2D eigenvalue weighted by Crippen LogP contribution is -2.01. The third-order valence-electron chi connectivity index (χ3n) is 0.667. The van der Waals surface area contributed by atoms with Gasteiger partial charge in [-0.1, -0.05) is 24.3 Å². The molecular formula is C13H27NO2. The highest BCUT2D eigenvalue weighted by Crippen LogP contribution is 1.57.